The molecule has 1 saturated heterocycles. The van der Waals surface area contributed by atoms with E-state index in [-0.39, 0.29) is 18.4 Å². The smallest absolute Gasteiger partial charge is 0.248 e. The second-order valence-electron chi connectivity index (χ2n) is 6.36. The molecule has 1 aliphatic heterocycles. The molecule has 0 radical (unpaired) electrons. The summed E-state index contributed by atoms with van der Waals surface area (Å²) in [5.74, 6) is 0.869. The molecule has 0 bridgehead atoms. The molecule has 1 N–H and O–H groups in total. The van der Waals surface area contributed by atoms with E-state index in [2.05, 4.69) is 5.32 Å². The van der Waals surface area contributed by atoms with E-state index in [1.165, 1.54) is 32.1 Å². The van der Waals surface area contributed by atoms with Crippen LogP contribution in [-0.2, 0) is 9.59 Å². The van der Waals surface area contributed by atoms with Crippen LogP contribution in [0.3, 0.4) is 0 Å². The Hall–Kier alpha value is -1.06. The molecular formula is C16H28N2O2. The minimum Gasteiger partial charge on any atom is -0.340 e. The summed E-state index contributed by atoms with van der Waals surface area (Å²) in [7, 11) is 0. The third-order valence-electron chi connectivity index (χ3n) is 5.15. The van der Waals surface area contributed by atoms with Crippen molar-refractivity contribution in [2.75, 3.05) is 13.1 Å². The number of rotatable bonds is 5. The van der Waals surface area contributed by atoms with Gasteiger partial charge in [-0.05, 0) is 25.2 Å². The first-order chi connectivity index (χ1) is 9.61. The number of nitrogens with zero attached hydrogens (tertiary/aromatic N) is 1. The highest BCUT2D eigenvalue weighted by Crippen LogP contribution is 2.28. The number of hydrogen-bond acceptors (Lipinski definition) is 2. The molecule has 4 heteroatoms. The first-order valence-electron chi connectivity index (χ1n) is 8.21. The summed E-state index contributed by atoms with van der Waals surface area (Å²) in [6, 6.07) is 0. The van der Waals surface area contributed by atoms with E-state index >= 15 is 0 Å². The highest BCUT2D eigenvalue weighted by molar-refractivity contribution is 5.97. The number of amides is 2. The minimum atomic E-state index is -0.651. The van der Waals surface area contributed by atoms with E-state index in [1.54, 1.807) is 4.90 Å². The van der Waals surface area contributed by atoms with Crippen molar-refractivity contribution in [2.24, 2.45) is 5.92 Å². The van der Waals surface area contributed by atoms with E-state index in [4.69, 9.17) is 0 Å². The molecule has 2 amide bonds. The van der Waals surface area contributed by atoms with Gasteiger partial charge in [0.15, 0.2) is 0 Å². The molecule has 0 aromatic rings. The zero-order valence-electron chi connectivity index (χ0n) is 12.9. The Labute approximate surface area is 122 Å². The van der Waals surface area contributed by atoms with Crippen LogP contribution in [0.15, 0.2) is 0 Å². The monoisotopic (exact) mass is 280 g/mol. The van der Waals surface area contributed by atoms with Crippen LogP contribution in [0.2, 0.25) is 0 Å². The first kappa shape index (κ1) is 15.3. The van der Waals surface area contributed by atoms with Crippen LogP contribution in [-0.4, -0.2) is 35.3 Å². The molecular weight excluding hydrogens is 252 g/mol. The number of piperazine rings is 1. The van der Waals surface area contributed by atoms with E-state index in [1.807, 2.05) is 13.8 Å². The molecule has 0 unspecified atom stereocenters. The predicted octanol–water partition coefficient (Wildman–Crippen LogP) is 2.47. The Kier molecular flexibility index (Phi) is 5.06. The topological polar surface area (TPSA) is 49.4 Å². The summed E-state index contributed by atoms with van der Waals surface area (Å²) in [6.45, 7) is 4.95. The summed E-state index contributed by atoms with van der Waals surface area (Å²) >= 11 is 0. The van der Waals surface area contributed by atoms with Gasteiger partial charge in [0.25, 0.3) is 0 Å². The number of carbonyl (C=O) groups is 2. The van der Waals surface area contributed by atoms with Gasteiger partial charge < -0.3 is 10.2 Å². The molecule has 114 valence electrons. The van der Waals surface area contributed by atoms with Crippen LogP contribution in [0.1, 0.15) is 65.2 Å². The average Bonchev–Trinajstić information content (AvgIpc) is 2.49. The van der Waals surface area contributed by atoms with Crippen LogP contribution in [0.4, 0.5) is 0 Å². The fourth-order valence-electron chi connectivity index (χ4n) is 3.63. The average molecular weight is 280 g/mol. The molecule has 1 aliphatic carbocycles. The fraction of sp³-hybridized carbons (Fsp3) is 0.875. The van der Waals surface area contributed by atoms with Gasteiger partial charge in [-0.2, -0.15) is 0 Å². The van der Waals surface area contributed by atoms with Crippen molar-refractivity contribution in [3.63, 3.8) is 0 Å². The van der Waals surface area contributed by atoms with Crippen LogP contribution in [0.5, 0.6) is 0 Å². The molecule has 0 spiro atoms. The molecule has 0 aromatic heterocycles. The molecule has 1 saturated carbocycles. The Balaban J connectivity index is 1.95. The van der Waals surface area contributed by atoms with Gasteiger partial charge in [-0.15, -0.1) is 0 Å². The van der Waals surface area contributed by atoms with Crippen LogP contribution in [0.25, 0.3) is 0 Å². The molecule has 0 aromatic carbocycles. The van der Waals surface area contributed by atoms with E-state index < -0.39 is 5.54 Å². The van der Waals surface area contributed by atoms with Gasteiger partial charge in [0.1, 0.15) is 5.54 Å². The second-order valence-corrected chi connectivity index (χ2v) is 6.36. The number of hydrogen-bond donors (Lipinski definition) is 1. The number of nitrogens with one attached hydrogen (secondary N) is 1. The molecule has 20 heavy (non-hydrogen) atoms. The lowest BCUT2D eigenvalue weighted by Crippen LogP contribution is -2.66. The largest absolute Gasteiger partial charge is 0.340 e. The van der Waals surface area contributed by atoms with Crippen LogP contribution >= 0.6 is 0 Å². The zero-order chi connectivity index (χ0) is 14.6. The Morgan fingerprint density at radius 3 is 2.40 bits per heavy atom. The summed E-state index contributed by atoms with van der Waals surface area (Å²) < 4.78 is 0. The standard InChI is InChI=1S/C16H28N2O2/c1-3-16(4-2)15(20)18(12-14(19)17-16)11-10-13-8-6-5-7-9-13/h13H,3-12H2,1-2H3,(H,17,19). The summed E-state index contributed by atoms with van der Waals surface area (Å²) in [5.41, 5.74) is -0.651. The van der Waals surface area contributed by atoms with Gasteiger partial charge in [0.05, 0.1) is 6.54 Å². The van der Waals surface area contributed by atoms with Gasteiger partial charge in [-0.1, -0.05) is 46.0 Å². The van der Waals surface area contributed by atoms with Crippen molar-refractivity contribution in [3.8, 4) is 0 Å². The van der Waals surface area contributed by atoms with Crippen molar-refractivity contribution < 1.29 is 9.59 Å². The lowest BCUT2D eigenvalue weighted by atomic mass is 9.86. The molecule has 0 atom stereocenters. The molecule has 4 nitrogen and oxygen atoms in total. The second kappa shape index (κ2) is 6.59. The van der Waals surface area contributed by atoms with Gasteiger partial charge in [0.2, 0.25) is 11.8 Å². The van der Waals surface area contributed by atoms with E-state index in [9.17, 15) is 9.59 Å². The molecule has 2 rings (SSSR count). The van der Waals surface area contributed by atoms with Crippen molar-refractivity contribution in [1.82, 2.24) is 10.2 Å². The zero-order valence-corrected chi connectivity index (χ0v) is 12.9. The molecule has 2 fully saturated rings. The fourth-order valence-corrected chi connectivity index (χ4v) is 3.63. The van der Waals surface area contributed by atoms with Gasteiger partial charge >= 0.3 is 0 Å². The Morgan fingerprint density at radius 2 is 1.80 bits per heavy atom. The van der Waals surface area contributed by atoms with E-state index in [0.29, 0.717) is 12.8 Å². The minimum absolute atomic E-state index is 0.00283. The Morgan fingerprint density at radius 1 is 1.15 bits per heavy atom. The normalized spacial score (nSPS) is 23.8. The summed E-state index contributed by atoms with van der Waals surface area (Å²) in [5, 5.41) is 2.92. The maximum absolute atomic E-state index is 12.6. The van der Waals surface area contributed by atoms with Crippen LogP contribution < -0.4 is 5.32 Å². The van der Waals surface area contributed by atoms with Crippen molar-refractivity contribution >= 4 is 11.8 Å². The molecule has 2 aliphatic rings. The lowest BCUT2D eigenvalue weighted by molar-refractivity contribution is -0.150. The van der Waals surface area contributed by atoms with Crippen LogP contribution in [0, 0.1) is 5.92 Å². The quantitative estimate of drug-likeness (QED) is 0.841. The Bertz CT molecular complexity index is 357. The highest BCUT2D eigenvalue weighted by atomic mass is 16.2. The van der Waals surface area contributed by atoms with Crippen molar-refractivity contribution in [1.29, 1.82) is 0 Å². The SMILES string of the molecule is CCC1(CC)NC(=O)CN(CCC2CCCCC2)C1=O. The maximum Gasteiger partial charge on any atom is 0.248 e. The van der Waals surface area contributed by atoms with E-state index in [0.717, 1.165) is 18.9 Å². The van der Waals surface area contributed by atoms with Gasteiger partial charge in [0, 0.05) is 6.54 Å². The summed E-state index contributed by atoms with van der Waals surface area (Å²) in [4.78, 5) is 26.3. The first-order valence-corrected chi connectivity index (χ1v) is 8.21. The van der Waals surface area contributed by atoms with Crippen molar-refractivity contribution in [3.05, 3.63) is 0 Å². The highest BCUT2D eigenvalue weighted by Gasteiger charge is 2.43. The predicted molar refractivity (Wildman–Crippen MR) is 79.2 cm³/mol. The third kappa shape index (κ3) is 3.15. The third-order valence-corrected chi connectivity index (χ3v) is 5.15. The van der Waals surface area contributed by atoms with Gasteiger partial charge in [-0.3, -0.25) is 9.59 Å². The summed E-state index contributed by atoms with van der Waals surface area (Å²) in [6.07, 6.45) is 9.00. The van der Waals surface area contributed by atoms with Crippen molar-refractivity contribution in [2.45, 2.75) is 70.8 Å². The lowest BCUT2D eigenvalue weighted by Gasteiger charge is -2.41. The number of carbonyl (C=O) groups excluding carboxylic acids is 2. The molecule has 1 heterocycles. The maximum atomic E-state index is 12.6. The van der Waals surface area contributed by atoms with Gasteiger partial charge in [-0.25, -0.2) is 0 Å².